The van der Waals surface area contributed by atoms with E-state index in [9.17, 15) is 0 Å². The number of fused-ring (bicyclic) bond motifs is 1. The third-order valence-corrected chi connectivity index (χ3v) is 6.19. The van der Waals surface area contributed by atoms with Crippen LogP contribution in [0.1, 0.15) is 51.5 Å². The predicted octanol–water partition coefficient (Wildman–Crippen LogP) is 3.49. The van der Waals surface area contributed by atoms with Gasteiger partial charge in [-0.3, -0.25) is 4.99 Å². The topological polar surface area (TPSA) is 58.1 Å². The Hall–Kier alpha value is -1.22. The minimum atomic E-state index is 0. The summed E-state index contributed by atoms with van der Waals surface area (Å²) < 4.78 is 11.0. The molecular formula is C22H35IN4O2. The average Bonchev–Trinajstić information content (AvgIpc) is 3.36. The molecule has 3 aliphatic rings. The van der Waals surface area contributed by atoms with Crippen molar-refractivity contribution in [2.45, 2.75) is 57.4 Å². The van der Waals surface area contributed by atoms with Crippen LogP contribution < -0.4 is 20.1 Å². The van der Waals surface area contributed by atoms with E-state index < -0.39 is 0 Å². The zero-order valence-corrected chi connectivity index (χ0v) is 20.0. The lowest BCUT2D eigenvalue weighted by Crippen LogP contribution is -2.49. The standard InChI is InChI=1S/C22H34N4O2.HI/c1-3-11-26-12-7-18(8-13-26)25-21(23-4-2)24-15-22(9-10-22)17-5-6-19-20(14-17)28-16-27-19;/h5-6,14,18H,3-4,7-13,15-16H2,1-2H3,(H2,23,24,25);1H. The number of likely N-dealkylation sites (tertiary alicyclic amines) is 1. The number of rotatable bonds is 7. The summed E-state index contributed by atoms with van der Waals surface area (Å²) in [7, 11) is 0. The molecule has 2 aliphatic heterocycles. The molecule has 2 heterocycles. The zero-order chi connectivity index (χ0) is 19.4. The molecule has 1 saturated carbocycles. The van der Waals surface area contributed by atoms with Gasteiger partial charge in [0.15, 0.2) is 17.5 Å². The van der Waals surface area contributed by atoms with Crippen LogP contribution in [-0.2, 0) is 5.41 Å². The van der Waals surface area contributed by atoms with Crippen LogP contribution in [0, 0.1) is 0 Å². The third kappa shape index (κ3) is 5.48. The number of halogens is 1. The Morgan fingerprint density at radius 3 is 2.62 bits per heavy atom. The number of piperidine rings is 1. The van der Waals surface area contributed by atoms with Crippen molar-refractivity contribution in [1.82, 2.24) is 15.5 Å². The van der Waals surface area contributed by atoms with Gasteiger partial charge in [-0.05, 0) is 63.3 Å². The van der Waals surface area contributed by atoms with Gasteiger partial charge in [-0.15, -0.1) is 24.0 Å². The molecule has 0 amide bonds. The Bertz CT molecular complexity index is 700. The molecule has 6 nitrogen and oxygen atoms in total. The highest BCUT2D eigenvalue weighted by molar-refractivity contribution is 14.0. The molecule has 0 atom stereocenters. The van der Waals surface area contributed by atoms with Gasteiger partial charge >= 0.3 is 0 Å². The first-order valence-electron chi connectivity index (χ1n) is 10.9. The van der Waals surface area contributed by atoms with Gasteiger partial charge in [0.25, 0.3) is 0 Å². The monoisotopic (exact) mass is 514 g/mol. The van der Waals surface area contributed by atoms with E-state index in [0.717, 1.165) is 30.5 Å². The number of hydrogen-bond acceptors (Lipinski definition) is 4. The van der Waals surface area contributed by atoms with Crippen molar-refractivity contribution in [2.24, 2.45) is 4.99 Å². The van der Waals surface area contributed by atoms with Crippen molar-refractivity contribution in [3.05, 3.63) is 23.8 Å². The van der Waals surface area contributed by atoms with Crippen molar-refractivity contribution >= 4 is 29.9 Å². The Morgan fingerprint density at radius 2 is 1.93 bits per heavy atom. The lowest BCUT2D eigenvalue weighted by Gasteiger charge is -2.33. The van der Waals surface area contributed by atoms with Gasteiger partial charge in [0.2, 0.25) is 6.79 Å². The Kier molecular flexibility index (Phi) is 7.90. The molecule has 162 valence electrons. The van der Waals surface area contributed by atoms with Crippen molar-refractivity contribution in [3.63, 3.8) is 0 Å². The molecule has 0 unspecified atom stereocenters. The Balaban J connectivity index is 0.00000240. The molecule has 0 spiro atoms. The fourth-order valence-corrected chi connectivity index (χ4v) is 4.28. The summed E-state index contributed by atoms with van der Waals surface area (Å²) in [5, 5.41) is 7.12. The van der Waals surface area contributed by atoms with E-state index in [1.54, 1.807) is 0 Å². The molecule has 2 N–H and O–H groups in total. The molecule has 7 heteroatoms. The quantitative estimate of drug-likeness (QED) is 0.332. The molecule has 29 heavy (non-hydrogen) atoms. The summed E-state index contributed by atoms with van der Waals surface area (Å²) in [5.41, 5.74) is 1.48. The van der Waals surface area contributed by atoms with Crippen molar-refractivity contribution in [3.8, 4) is 11.5 Å². The highest BCUT2D eigenvalue weighted by atomic mass is 127. The predicted molar refractivity (Wildman–Crippen MR) is 128 cm³/mol. The van der Waals surface area contributed by atoms with Crippen molar-refractivity contribution in [2.75, 3.05) is 39.5 Å². The highest BCUT2D eigenvalue weighted by Gasteiger charge is 2.44. The maximum Gasteiger partial charge on any atom is 0.231 e. The smallest absolute Gasteiger partial charge is 0.231 e. The molecule has 0 aromatic heterocycles. The van der Waals surface area contributed by atoms with Crippen molar-refractivity contribution in [1.29, 1.82) is 0 Å². The van der Waals surface area contributed by atoms with E-state index in [4.69, 9.17) is 14.5 Å². The van der Waals surface area contributed by atoms with Gasteiger partial charge in [0.05, 0.1) is 6.54 Å². The Labute approximate surface area is 191 Å². The second-order valence-electron chi connectivity index (χ2n) is 8.30. The third-order valence-electron chi connectivity index (χ3n) is 6.19. The van der Waals surface area contributed by atoms with Gasteiger partial charge in [-0.25, -0.2) is 0 Å². The van der Waals surface area contributed by atoms with E-state index in [-0.39, 0.29) is 29.4 Å². The van der Waals surface area contributed by atoms with Crippen LogP contribution in [-0.4, -0.2) is 56.4 Å². The summed E-state index contributed by atoms with van der Waals surface area (Å²) >= 11 is 0. The minimum absolute atomic E-state index is 0. The number of guanidine groups is 1. The first-order valence-corrected chi connectivity index (χ1v) is 10.9. The minimum Gasteiger partial charge on any atom is -0.454 e. The number of aliphatic imine (C=N–C) groups is 1. The van der Waals surface area contributed by atoms with E-state index in [2.05, 4.69) is 41.5 Å². The fourth-order valence-electron chi connectivity index (χ4n) is 4.28. The molecule has 1 aromatic rings. The lowest BCUT2D eigenvalue weighted by atomic mass is 9.95. The van der Waals surface area contributed by atoms with E-state index >= 15 is 0 Å². The van der Waals surface area contributed by atoms with Crippen LogP contribution >= 0.6 is 24.0 Å². The molecule has 1 aliphatic carbocycles. The van der Waals surface area contributed by atoms with Gasteiger partial charge in [-0.1, -0.05) is 13.0 Å². The summed E-state index contributed by atoms with van der Waals surface area (Å²) in [6, 6.07) is 6.88. The summed E-state index contributed by atoms with van der Waals surface area (Å²) in [6.45, 7) is 10.0. The second kappa shape index (κ2) is 10.2. The molecule has 4 rings (SSSR count). The summed E-state index contributed by atoms with van der Waals surface area (Å²) in [6.07, 6.45) is 6.00. The SMILES string of the molecule is CCCN1CCC(NC(=NCC2(c3ccc4c(c3)OCO4)CC2)NCC)CC1.I. The molecule has 1 aromatic carbocycles. The number of hydrogen-bond donors (Lipinski definition) is 2. The van der Waals surface area contributed by atoms with Crippen LogP contribution in [0.15, 0.2) is 23.2 Å². The normalized spacial score (nSPS) is 20.8. The second-order valence-corrected chi connectivity index (χ2v) is 8.30. The lowest BCUT2D eigenvalue weighted by molar-refractivity contribution is 0.174. The van der Waals surface area contributed by atoms with E-state index in [0.29, 0.717) is 12.8 Å². The Morgan fingerprint density at radius 1 is 1.17 bits per heavy atom. The van der Waals surface area contributed by atoms with Gasteiger partial charge in [0.1, 0.15) is 0 Å². The zero-order valence-electron chi connectivity index (χ0n) is 17.7. The highest BCUT2D eigenvalue weighted by Crippen LogP contribution is 2.50. The van der Waals surface area contributed by atoms with Gasteiger partial charge < -0.3 is 25.0 Å². The van der Waals surface area contributed by atoms with Crippen LogP contribution in [0.4, 0.5) is 0 Å². The fraction of sp³-hybridized carbons (Fsp3) is 0.682. The molecule has 0 radical (unpaired) electrons. The number of nitrogens with one attached hydrogen (secondary N) is 2. The van der Waals surface area contributed by atoms with Crippen LogP contribution in [0.5, 0.6) is 11.5 Å². The first kappa shape index (κ1) is 22.5. The van der Waals surface area contributed by atoms with Crippen LogP contribution in [0.25, 0.3) is 0 Å². The number of nitrogens with zero attached hydrogens (tertiary/aromatic N) is 2. The van der Waals surface area contributed by atoms with Gasteiger partial charge in [0, 0.05) is 31.1 Å². The number of benzene rings is 1. The van der Waals surface area contributed by atoms with Crippen LogP contribution in [0.3, 0.4) is 0 Å². The average molecular weight is 514 g/mol. The van der Waals surface area contributed by atoms with Gasteiger partial charge in [-0.2, -0.15) is 0 Å². The summed E-state index contributed by atoms with van der Waals surface area (Å²) in [5.74, 6) is 2.69. The molecule has 0 bridgehead atoms. The molecule has 1 saturated heterocycles. The first-order chi connectivity index (χ1) is 13.7. The van der Waals surface area contributed by atoms with E-state index in [1.807, 2.05) is 6.07 Å². The number of ether oxygens (including phenoxy) is 2. The van der Waals surface area contributed by atoms with Crippen LogP contribution in [0.2, 0.25) is 0 Å². The van der Waals surface area contributed by atoms with Crippen molar-refractivity contribution < 1.29 is 9.47 Å². The molecule has 2 fully saturated rings. The summed E-state index contributed by atoms with van der Waals surface area (Å²) in [4.78, 5) is 7.55. The maximum atomic E-state index is 5.57. The maximum absolute atomic E-state index is 5.57. The molecular weight excluding hydrogens is 479 g/mol. The largest absolute Gasteiger partial charge is 0.454 e. The van der Waals surface area contributed by atoms with E-state index in [1.165, 1.54) is 57.3 Å².